The third kappa shape index (κ3) is 1.99. The number of β-amino-alcohol motifs (C(OH)–C–C–N with tert-alkyl or cyclic N) is 1. The molecule has 2 N–H and O–H groups in total. The van der Waals surface area contributed by atoms with Gasteiger partial charge in [-0.15, -0.1) is 0 Å². The minimum absolute atomic E-state index is 0.310. The number of ketones is 1. The smallest absolute Gasteiger partial charge is 0.296 e. The van der Waals surface area contributed by atoms with E-state index in [9.17, 15) is 14.7 Å². The van der Waals surface area contributed by atoms with Gasteiger partial charge in [-0.3, -0.25) is 9.59 Å². The van der Waals surface area contributed by atoms with Gasteiger partial charge >= 0.3 is 0 Å². The van der Waals surface area contributed by atoms with Crippen LogP contribution in [0.2, 0.25) is 5.02 Å². The van der Waals surface area contributed by atoms with Crippen LogP contribution >= 0.6 is 11.6 Å². The predicted octanol–water partition coefficient (Wildman–Crippen LogP) is 1.44. The summed E-state index contributed by atoms with van der Waals surface area (Å²) in [5, 5.41) is 12.9. The Balaban J connectivity index is 1.99. The van der Waals surface area contributed by atoms with Crippen molar-refractivity contribution in [3.63, 3.8) is 0 Å². The maximum absolute atomic E-state index is 11.6. The lowest BCUT2D eigenvalue weighted by molar-refractivity contribution is -0.112. The molecule has 19 heavy (non-hydrogen) atoms. The molecule has 0 aliphatic carbocycles. The highest BCUT2D eigenvalue weighted by Crippen LogP contribution is 2.37. The van der Waals surface area contributed by atoms with Crippen molar-refractivity contribution in [1.29, 1.82) is 0 Å². The van der Waals surface area contributed by atoms with Crippen molar-refractivity contribution in [2.45, 2.75) is 18.9 Å². The van der Waals surface area contributed by atoms with Gasteiger partial charge in [0.2, 0.25) is 0 Å². The fraction of sp³-hybridized carbons (Fsp3) is 0.385. The molecule has 0 radical (unpaired) electrons. The van der Waals surface area contributed by atoms with Crippen LogP contribution in [0, 0.1) is 0 Å². The van der Waals surface area contributed by atoms with Gasteiger partial charge in [0, 0.05) is 13.1 Å². The molecule has 1 fully saturated rings. The third-order valence-electron chi connectivity index (χ3n) is 3.58. The first kappa shape index (κ1) is 12.4. The zero-order chi connectivity index (χ0) is 13.8. The number of Topliss-reactive ketones (excluding diaryl/α,β-unsaturated/α-hetero) is 1. The van der Waals surface area contributed by atoms with E-state index >= 15 is 0 Å². The van der Waals surface area contributed by atoms with E-state index in [-0.39, 0.29) is 0 Å². The summed E-state index contributed by atoms with van der Waals surface area (Å²) < 4.78 is 0. The maximum Gasteiger partial charge on any atom is 0.296 e. The summed E-state index contributed by atoms with van der Waals surface area (Å²) in [6.45, 7) is 2.94. The van der Waals surface area contributed by atoms with Crippen molar-refractivity contribution in [2.75, 3.05) is 23.3 Å². The number of fused-ring (bicyclic) bond motifs is 1. The van der Waals surface area contributed by atoms with Gasteiger partial charge in [0.15, 0.2) is 0 Å². The second-order valence-electron chi connectivity index (χ2n) is 5.30. The summed E-state index contributed by atoms with van der Waals surface area (Å²) in [6, 6.07) is 3.21. The maximum atomic E-state index is 11.6. The lowest BCUT2D eigenvalue weighted by Gasteiger charge is -2.22. The fourth-order valence-corrected chi connectivity index (χ4v) is 2.83. The average molecular weight is 281 g/mol. The number of nitrogens with zero attached hydrogens (tertiary/aromatic N) is 1. The van der Waals surface area contributed by atoms with Gasteiger partial charge in [0.05, 0.1) is 27.6 Å². The highest BCUT2D eigenvalue weighted by atomic mass is 35.5. The number of hydrogen-bond donors (Lipinski definition) is 2. The number of carbonyl (C=O) groups excluding carboxylic acids is 2. The Morgan fingerprint density at radius 3 is 2.79 bits per heavy atom. The molecule has 2 aliphatic heterocycles. The van der Waals surface area contributed by atoms with Gasteiger partial charge in [0.1, 0.15) is 0 Å². The van der Waals surface area contributed by atoms with Crippen molar-refractivity contribution in [2.24, 2.45) is 0 Å². The lowest BCUT2D eigenvalue weighted by atomic mass is 10.1. The minimum atomic E-state index is -0.735. The molecule has 1 aromatic rings. The molecule has 100 valence electrons. The molecule has 2 heterocycles. The van der Waals surface area contributed by atoms with E-state index in [0.29, 0.717) is 35.8 Å². The predicted molar refractivity (Wildman–Crippen MR) is 71.9 cm³/mol. The molecular formula is C13H13ClN2O3. The second-order valence-corrected chi connectivity index (χ2v) is 5.71. The molecule has 0 aromatic heterocycles. The van der Waals surface area contributed by atoms with Gasteiger partial charge in [-0.05, 0) is 25.5 Å². The quantitative estimate of drug-likeness (QED) is 0.764. The Labute approximate surface area is 115 Å². The highest BCUT2D eigenvalue weighted by molar-refractivity contribution is 6.52. The van der Waals surface area contributed by atoms with E-state index < -0.39 is 17.3 Å². The Hall–Kier alpha value is -1.59. The van der Waals surface area contributed by atoms with Gasteiger partial charge in [-0.2, -0.15) is 0 Å². The summed E-state index contributed by atoms with van der Waals surface area (Å²) in [6.07, 6.45) is 0.658. The van der Waals surface area contributed by atoms with Crippen molar-refractivity contribution >= 4 is 34.7 Å². The molecule has 6 heteroatoms. The molecule has 0 saturated carbocycles. The van der Waals surface area contributed by atoms with Crippen LogP contribution in [0.25, 0.3) is 0 Å². The summed E-state index contributed by atoms with van der Waals surface area (Å²) in [5.74, 6) is -1.19. The van der Waals surface area contributed by atoms with Crippen molar-refractivity contribution in [3.05, 3.63) is 22.7 Å². The SMILES string of the molecule is CC1(O)CCN(c2cc3c(cc2Cl)C(=O)C(=O)N3)C1. The Morgan fingerprint density at radius 1 is 1.42 bits per heavy atom. The van der Waals surface area contributed by atoms with Crippen molar-refractivity contribution in [3.8, 4) is 0 Å². The highest BCUT2D eigenvalue weighted by Gasteiger charge is 2.34. The van der Waals surface area contributed by atoms with Gasteiger partial charge in [-0.1, -0.05) is 11.6 Å². The zero-order valence-electron chi connectivity index (χ0n) is 10.4. The molecule has 0 bridgehead atoms. The van der Waals surface area contributed by atoms with Crippen LogP contribution in [0.1, 0.15) is 23.7 Å². The van der Waals surface area contributed by atoms with E-state index in [0.717, 1.165) is 5.69 Å². The summed E-state index contributed by atoms with van der Waals surface area (Å²) in [4.78, 5) is 24.8. The standard InChI is InChI=1S/C13H13ClN2O3/c1-13(19)2-3-16(6-13)10-5-9-7(4-8(10)14)11(17)12(18)15-9/h4-5,19H,2-3,6H2,1H3,(H,15,17,18). The van der Waals surface area contributed by atoms with Gasteiger partial charge < -0.3 is 15.3 Å². The topological polar surface area (TPSA) is 69.6 Å². The molecular weight excluding hydrogens is 268 g/mol. The first-order valence-electron chi connectivity index (χ1n) is 6.04. The average Bonchev–Trinajstić information content (AvgIpc) is 2.81. The lowest BCUT2D eigenvalue weighted by Crippen LogP contribution is -2.29. The van der Waals surface area contributed by atoms with Crippen LogP contribution in [-0.4, -0.2) is 35.5 Å². The van der Waals surface area contributed by atoms with Gasteiger partial charge in [-0.25, -0.2) is 0 Å². The number of anilines is 2. The third-order valence-corrected chi connectivity index (χ3v) is 3.88. The normalized spacial score (nSPS) is 25.7. The molecule has 1 saturated heterocycles. The van der Waals surface area contributed by atoms with E-state index in [1.54, 1.807) is 13.0 Å². The molecule has 3 rings (SSSR count). The minimum Gasteiger partial charge on any atom is -0.388 e. The van der Waals surface area contributed by atoms with E-state index in [2.05, 4.69) is 5.32 Å². The number of amides is 1. The molecule has 5 nitrogen and oxygen atoms in total. The first-order chi connectivity index (χ1) is 8.87. The molecule has 1 unspecified atom stereocenters. The summed E-state index contributed by atoms with van der Waals surface area (Å²) in [7, 11) is 0. The van der Waals surface area contributed by atoms with Crippen molar-refractivity contribution in [1.82, 2.24) is 0 Å². The molecule has 1 aromatic carbocycles. The number of hydrogen-bond acceptors (Lipinski definition) is 4. The number of benzene rings is 1. The molecule has 2 aliphatic rings. The summed E-state index contributed by atoms with van der Waals surface area (Å²) in [5.41, 5.74) is 0.792. The van der Waals surface area contributed by atoms with E-state index in [1.807, 2.05) is 4.90 Å². The van der Waals surface area contributed by atoms with E-state index in [4.69, 9.17) is 11.6 Å². The molecule has 1 atom stereocenters. The van der Waals surface area contributed by atoms with Gasteiger partial charge in [0.25, 0.3) is 11.7 Å². The number of nitrogens with one attached hydrogen (secondary N) is 1. The Kier molecular flexibility index (Phi) is 2.59. The monoisotopic (exact) mass is 280 g/mol. The van der Waals surface area contributed by atoms with Crippen LogP contribution in [0.5, 0.6) is 0 Å². The Morgan fingerprint density at radius 2 is 2.16 bits per heavy atom. The van der Waals surface area contributed by atoms with Crippen LogP contribution in [-0.2, 0) is 4.79 Å². The number of halogens is 1. The molecule has 1 amide bonds. The van der Waals surface area contributed by atoms with Crippen molar-refractivity contribution < 1.29 is 14.7 Å². The zero-order valence-corrected chi connectivity index (χ0v) is 11.1. The number of carbonyl (C=O) groups is 2. The number of aliphatic hydroxyl groups is 1. The summed E-state index contributed by atoms with van der Waals surface area (Å²) >= 11 is 6.18. The Bertz CT molecular complexity index is 598. The first-order valence-corrected chi connectivity index (χ1v) is 6.42. The molecule has 0 spiro atoms. The van der Waals surface area contributed by atoms with Crippen LogP contribution in [0.3, 0.4) is 0 Å². The van der Waals surface area contributed by atoms with Crippen LogP contribution in [0.4, 0.5) is 11.4 Å². The fourth-order valence-electron chi connectivity index (χ4n) is 2.55. The van der Waals surface area contributed by atoms with Crippen LogP contribution < -0.4 is 10.2 Å². The largest absolute Gasteiger partial charge is 0.388 e. The van der Waals surface area contributed by atoms with E-state index in [1.165, 1.54) is 6.07 Å². The number of rotatable bonds is 1. The van der Waals surface area contributed by atoms with Crippen LogP contribution in [0.15, 0.2) is 12.1 Å². The second kappa shape index (κ2) is 3.95.